The summed E-state index contributed by atoms with van der Waals surface area (Å²) in [4.78, 5) is 0. The Morgan fingerprint density at radius 1 is 1.45 bits per heavy atom. The van der Waals surface area contributed by atoms with Crippen LogP contribution in [0.15, 0.2) is 12.1 Å². The van der Waals surface area contributed by atoms with Crippen LogP contribution in [0.5, 0.6) is 5.75 Å². The normalized spacial score (nSPS) is 9.73. The minimum absolute atomic E-state index is 0.493. The summed E-state index contributed by atoms with van der Waals surface area (Å²) in [6, 6.07) is 3.64. The van der Waals surface area contributed by atoms with Gasteiger partial charge in [0.2, 0.25) is 0 Å². The molecule has 0 aromatic heterocycles. The molecule has 0 saturated heterocycles. The SMILES string of the molecule is COc1c(C)ccc(N)c1Cl. The van der Waals surface area contributed by atoms with Crippen LogP contribution in [0.25, 0.3) is 0 Å². The van der Waals surface area contributed by atoms with Crippen molar-refractivity contribution in [3.63, 3.8) is 0 Å². The first-order chi connectivity index (χ1) is 5.16. The van der Waals surface area contributed by atoms with E-state index in [1.54, 1.807) is 13.2 Å². The number of nitrogen functional groups attached to an aromatic ring is 1. The Bertz CT molecular complexity index is 273. The summed E-state index contributed by atoms with van der Waals surface area (Å²) in [5, 5.41) is 0.493. The van der Waals surface area contributed by atoms with E-state index in [0.29, 0.717) is 16.5 Å². The Balaban J connectivity index is 3.29. The van der Waals surface area contributed by atoms with Gasteiger partial charge in [0.05, 0.1) is 12.8 Å². The van der Waals surface area contributed by atoms with Gasteiger partial charge in [-0.1, -0.05) is 17.7 Å². The van der Waals surface area contributed by atoms with Crippen molar-refractivity contribution in [2.24, 2.45) is 0 Å². The van der Waals surface area contributed by atoms with Gasteiger partial charge >= 0.3 is 0 Å². The topological polar surface area (TPSA) is 35.2 Å². The average Bonchev–Trinajstić information content (AvgIpc) is 1.99. The predicted octanol–water partition coefficient (Wildman–Crippen LogP) is 2.24. The van der Waals surface area contributed by atoms with E-state index in [1.165, 1.54) is 0 Å². The molecule has 1 aromatic rings. The third-order valence-corrected chi connectivity index (χ3v) is 1.92. The van der Waals surface area contributed by atoms with Crippen molar-refractivity contribution in [3.8, 4) is 5.75 Å². The molecular weight excluding hydrogens is 162 g/mol. The third-order valence-electron chi connectivity index (χ3n) is 1.53. The number of hydrogen-bond donors (Lipinski definition) is 1. The summed E-state index contributed by atoms with van der Waals surface area (Å²) < 4.78 is 5.04. The molecule has 0 bridgehead atoms. The average molecular weight is 172 g/mol. The molecule has 0 aliphatic rings. The number of aryl methyl sites for hydroxylation is 1. The quantitative estimate of drug-likeness (QED) is 0.658. The Kier molecular flexibility index (Phi) is 2.25. The lowest BCUT2D eigenvalue weighted by molar-refractivity contribution is 0.412. The Morgan fingerprint density at radius 2 is 2.09 bits per heavy atom. The first kappa shape index (κ1) is 8.21. The first-order valence-electron chi connectivity index (χ1n) is 3.25. The van der Waals surface area contributed by atoms with Crippen LogP contribution in [0.2, 0.25) is 5.02 Å². The highest BCUT2D eigenvalue weighted by molar-refractivity contribution is 6.34. The smallest absolute Gasteiger partial charge is 0.142 e. The van der Waals surface area contributed by atoms with Crippen LogP contribution in [0.1, 0.15) is 5.56 Å². The number of anilines is 1. The fourth-order valence-electron chi connectivity index (χ4n) is 0.918. The van der Waals surface area contributed by atoms with Crippen molar-refractivity contribution in [2.45, 2.75) is 6.92 Å². The molecule has 1 aromatic carbocycles. The van der Waals surface area contributed by atoms with Crippen LogP contribution in [-0.4, -0.2) is 7.11 Å². The van der Waals surface area contributed by atoms with Crippen LogP contribution >= 0.6 is 11.6 Å². The van der Waals surface area contributed by atoms with Crippen molar-refractivity contribution in [2.75, 3.05) is 12.8 Å². The van der Waals surface area contributed by atoms with Crippen LogP contribution < -0.4 is 10.5 Å². The van der Waals surface area contributed by atoms with Crippen LogP contribution in [-0.2, 0) is 0 Å². The van der Waals surface area contributed by atoms with Gasteiger partial charge in [0, 0.05) is 0 Å². The highest BCUT2D eigenvalue weighted by atomic mass is 35.5. The molecule has 0 amide bonds. The molecule has 0 fully saturated rings. The van der Waals surface area contributed by atoms with E-state index in [4.69, 9.17) is 22.1 Å². The molecule has 0 unspecified atom stereocenters. The maximum Gasteiger partial charge on any atom is 0.142 e. The molecule has 0 heterocycles. The van der Waals surface area contributed by atoms with Crippen LogP contribution in [0.4, 0.5) is 5.69 Å². The number of hydrogen-bond acceptors (Lipinski definition) is 2. The van der Waals surface area contributed by atoms with Crippen molar-refractivity contribution in [1.29, 1.82) is 0 Å². The summed E-state index contributed by atoms with van der Waals surface area (Å²) in [7, 11) is 1.58. The van der Waals surface area contributed by atoms with Gasteiger partial charge < -0.3 is 10.5 Å². The number of rotatable bonds is 1. The minimum Gasteiger partial charge on any atom is -0.495 e. The molecule has 0 aliphatic heterocycles. The fraction of sp³-hybridized carbons (Fsp3) is 0.250. The van der Waals surface area contributed by atoms with Gasteiger partial charge in [0.25, 0.3) is 0 Å². The molecule has 0 atom stereocenters. The van der Waals surface area contributed by atoms with Gasteiger partial charge in [0.15, 0.2) is 0 Å². The number of methoxy groups -OCH3 is 1. The zero-order valence-electron chi connectivity index (χ0n) is 6.52. The van der Waals surface area contributed by atoms with E-state index in [1.807, 2.05) is 13.0 Å². The monoisotopic (exact) mass is 171 g/mol. The minimum atomic E-state index is 0.493. The van der Waals surface area contributed by atoms with E-state index < -0.39 is 0 Å². The van der Waals surface area contributed by atoms with Gasteiger partial charge in [-0.2, -0.15) is 0 Å². The Morgan fingerprint density at radius 3 is 2.55 bits per heavy atom. The summed E-state index contributed by atoms with van der Waals surface area (Å²) in [5.41, 5.74) is 7.10. The van der Waals surface area contributed by atoms with Crippen molar-refractivity contribution < 1.29 is 4.74 Å². The lowest BCUT2D eigenvalue weighted by Gasteiger charge is -2.07. The molecule has 3 heteroatoms. The van der Waals surface area contributed by atoms with E-state index >= 15 is 0 Å². The molecule has 1 rings (SSSR count). The van der Waals surface area contributed by atoms with Gasteiger partial charge in [-0.05, 0) is 18.6 Å². The number of benzene rings is 1. The Hall–Kier alpha value is -0.890. The molecule has 60 valence electrons. The standard InChI is InChI=1S/C8H10ClNO/c1-5-3-4-6(10)7(9)8(5)11-2/h3-4H,10H2,1-2H3. The van der Waals surface area contributed by atoms with Crippen molar-refractivity contribution in [3.05, 3.63) is 22.7 Å². The van der Waals surface area contributed by atoms with Crippen LogP contribution in [0.3, 0.4) is 0 Å². The van der Waals surface area contributed by atoms with Crippen molar-refractivity contribution in [1.82, 2.24) is 0 Å². The first-order valence-corrected chi connectivity index (χ1v) is 3.63. The zero-order valence-corrected chi connectivity index (χ0v) is 7.27. The second-order valence-corrected chi connectivity index (χ2v) is 2.70. The fourth-order valence-corrected chi connectivity index (χ4v) is 1.21. The number of halogens is 1. The van der Waals surface area contributed by atoms with E-state index in [-0.39, 0.29) is 0 Å². The second-order valence-electron chi connectivity index (χ2n) is 2.32. The molecule has 0 aliphatic carbocycles. The summed E-state index contributed by atoms with van der Waals surface area (Å²) >= 11 is 5.85. The van der Waals surface area contributed by atoms with Gasteiger partial charge in [-0.25, -0.2) is 0 Å². The maximum absolute atomic E-state index is 5.85. The molecule has 0 spiro atoms. The van der Waals surface area contributed by atoms with Crippen LogP contribution in [0, 0.1) is 6.92 Å². The molecule has 11 heavy (non-hydrogen) atoms. The third kappa shape index (κ3) is 1.40. The molecular formula is C8H10ClNO. The Labute approximate surface area is 70.9 Å². The van der Waals surface area contributed by atoms with Gasteiger partial charge in [-0.15, -0.1) is 0 Å². The predicted molar refractivity (Wildman–Crippen MR) is 47.2 cm³/mol. The highest BCUT2D eigenvalue weighted by Crippen LogP contribution is 2.32. The summed E-state index contributed by atoms with van der Waals surface area (Å²) in [5.74, 6) is 0.659. The van der Waals surface area contributed by atoms with E-state index in [2.05, 4.69) is 0 Å². The van der Waals surface area contributed by atoms with E-state index in [9.17, 15) is 0 Å². The number of ether oxygens (including phenoxy) is 1. The summed E-state index contributed by atoms with van der Waals surface area (Å²) in [6.45, 7) is 1.92. The van der Waals surface area contributed by atoms with Gasteiger partial charge in [0.1, 0.15) is 10.8 Å². The molecule has 2 N–H and O–H groups in total. The largest absolute Gasteiger partial charge is 0.495 e. The molecule has 2 nitrogen and oxygen atoms in total. The lowest BCUT2D eigenvalue weighted by atomic mass is 10.2. The maximum atomic E-state index is 5.85. The van der Waals surface area contributed by atoms with Crippen molar-refractivity contribution >= 4 is 17.3 Å². The van der Waals surface area contributed by atoms with E-state index in [0.717, 1.165) is 5.56 Å². The second kappa shape index (κ2) is 3.01. The highest BCUT2D eigenvalue weighted by Gasteiger charge is 2.06. The molecule has 0 saturated carbocycles. The lowest BCUT2D eigenvalue weighted by Crippen LogP contribution is -1.92. The zero-order chi connectivity index (χ0) is 8.43. The number of nitrogens with two attached hydrogens (primary N) is 1. The van der Waals surface area contributed by atoms with Gasteiger partial charge in [-0.3, -0.25) is 0 Å². The molecule has 0 radical (unpaired) electrons. The summed E-state index contributed by atoms with van der Waals surface area (Å²) in [6.07, 6.45) is 0.